The maximum Gasteiger partial charge on any atom is 0.111 e. The molecule has 1 heterocycles. The lowest BCUT2D eigenvalue weighted by atomic mass is 9.81. The SMILES string of the molecule is CCn1c(CC(N)C(C)(C)CC)nc2ccccc21. The minimum absolute atomic E-state index is 0.139. The van der Waals surface area contributed by atoms with Gasteiger partial charge in [0.2, 0.25) is 0 Å². The molecule has 2 rings (SSSR count). The van der Waals surface area contributed by atoms with Gasteiger partial charge in [0, 0.05) is 19.0 Å². The van der Waals surface area contributed by atoms with Crippen molar-refractivity contribution >= 4 is 11.0 Å². The number of nitrogens with zero attached hydrogens (tertiary/aromatic N) is 2. The predicted molar refractivity (Wildman–Crippen MR) is 81.2 cm³/mol. The van der Waals surface area contributed by atoms with Gasteiger partial charge in [0.05, 0.1) is 11.0 Å². The molecule has 3 nitrogen and oxygen atoms in total. The van der Waals surface area contributed by atoms with Gasteiger partial charge in [-0.05, 0) is 30.9 Å². The summed E-state index contributed by atoms with van der Waals surface area (Å²) in [5.74, 6) is 1.11. The Morgan fingerprint density at radius 1 is 1.26 bits per heavy atom. The van der Waals surface area contributed by atoms with E-state index in [0.29, 0.717) is 0 Å². The number of hydrogen-bond acceptors (Lipinski definition) is 2. The normalized spacial score (nSPS) is 13.9. The zero-order valence-corrected chi connectivity index (χ0v) is 12.5. The molecule has 1 aromatic carbocycles. The first-order valence-corrected chi connectivity index (χ1v) is 7.19. The summed E-state index contributed by atoms with van der Waals surface area (Å²) in [4.78, 5) is 4.75. The average Bonchev–Trinajstić information content (AvgIpc) is 2.75. The highest BCUT2D eigenvalue weighted by molar-refractivity contribution is 5.75. The molecule has 1 aromatic heterocycles. The van der Waals surface area contributed by atoms with Crippen molar-refractivity contribution in [2.45, 2.75) is 53.1 Å². The molecule has 0 radical (unpaired) electrons. The third kappa shape index (κ3) is 2.66. The van der Waals surface area contributed by atoms with E-state index in [4.69, 9.17) is 10.7 Å². The van der Waals surface area contributed by atoms with Gasteiger partial charge in [-0.15, -0.1) is 0 Å². The largest absolute Gasteiger partial charge is 0.328 e. The first-order chi connectivity index (χ1) is 8.99. The maximum atomic E-state index is 6.39. The van der Waals surface area contributed by atoms with Crippen molar-refractivity contribution in [3.63, 3.8) is 0 Å². The lowest BCUT2D eigenvalue weighted by Crippen LogP contribution is -2.39. The lowest BCUT2D eigenvalue weighted by molar-refractivity contribution is 0.268. The summed E-state index contributed by atoms with van der Waals surface area (Å²) in [5, 5.41) is 0. The average molecular weight is 259 g/mol. The summed E-state index contributed by atoms with van der Waals surface area (Å²) in [6, 6.07) is 8.44. The fourth-order valence-corrected chi connectivity index (χ4v) is 2.37. The van der Waals surface area contributed by atoms with Crippen LogP contribution >= 0.6 is 0 Å². The second-order valence-corrected chi connectivity index (χ2v) is 5.91. The first kappa shape index (κ1) is 14.1. The highest BCUT2D eigenvalue weighted by Crippen LogP contribution is 2.26. The molecule has 1 unspecified atom stereocenters. The molecule has 2 N–H and O–H groups in total. The Balaban J connectivity index is 2.35. The van der Waals surface area contributed by atoms with E-state index < -0.39 is 0 Å². The Morgan fingerprint density at radius 2 is 1.95 bits per heavy atom. The Bertz CT molecular complexity index is 554. The molecule has 19 heavy (non-hydrogen) atoms. The molecule has 0 amide bonds. The number of nitrogens with two attached hydrogens (primary N) is 1. The van der Waals surface area contributed by atoms with Crippen molar-refractivity contribution in [2.75, 3.05) is 0 Å². The van der Waals surface area contributed by atoms with Crippen LogP contribution < -0.4 is 5.73 Å². The van der Waals surface area contributed by atoms with Crippen LogP contribution in [0.1, 0.15) is 39.9 Å². The highest BCUT2D eigenvalue weighted by atomic mass is 15.1. The van der Waals surface area contributed by atoms with Gasteiger partial charge in [-0.2, -0.15) is 0 Å². The summed E-state index contributed by atoms with van der Waals surface area (Å²) in [7, 11) is 0. The van der Waals surface area contributed by atoms with Crippen molar-refractivity contribution < 1.29 is 0 Å². The lowest BCUT2D eigenvalue weighted by Gasteiger charge is -2.30. The van der Waals surface area contributed by atoms with E-state index in [0.717, 1.165) is 30.7 Å². The molecule has 104 valence electrons. The second-order valence-electron chi connectivity index (χ2n) is 5.91. The van der Waals surface area contributed by atoms with Gasteiger partial charge in [-0.3, -0.25) is 0 Å². The molecule has 0 aliphatic heterocycles. The molecule has 0 aliphatic rings. The zero-order chi connectivity index (χ0) is 14.0. The summed E-state index contributed by atoms with van der Waals surface area (Å²) in [5.41, 5.74) is 8.82. The Morgan fingerprint density at radius 3 is 2.58 bits per heavy atom. The number of imidazole rings is 1. The summed E-state index contributed by atoms with van der Waals surface area (Å²) in [6.07, 6.45) is 1.92. The van der Waals surface area contributed by atoms with Crippen LogP contribution in [0.4, 0.5) is 0 Å². The van der Waals surface area contributed by atoms with E-state index in [9.17, 15) is 0 Å². The molecule has 0 spiro atoms. The number of benzene rings is 1. The molecule has 1 atom stereocenters. The number of rotatable bonds is 5. The fourth-order valence-electron chi connectivity index (χ4n) is 2.37. The van der Waals surface area contributed by atoms with E-state index in [-0.39, 0.29) is 11.5 Å². The van der Waals surface area contributed by atoms with Gasteiger partial charge in [0.1, 0.15) is 5.82 Å². The minimum Gasteiger partial charge on any atom is -0.328 e. The number of para-hydroxylation sites is 2. The van der Waals surface area contributed by atoms with E-state index in [1.54, 1.807) is 0 Å². The molecule has 0 aliphatic carbocycles. The van der Waals surface area contributed by atoms with E-state index in [1.165, 1.54) is 5.52 Å². The van der Waals surface area contributed by atoms with E-state index in [2.05, 4.69) is 50.5 Å². The van der Waals surface area contributed by atoms with Crippen LogP contribution in [0, 0.1) is 5.41 Å². The summed E-state index contributed by atoms with van der Waals surface area (Å²) < 4.78 is 2.28. The monoisotopic (exact) mass is 259 g/mol. The van der Waals surface area contributed by atoms with Gasteiger partial charge < -0.3 is 10.3 Å². The number of aryl methyl sites for hydroxylation is 1. The molecular formula is C16H25N3. The quantitative estimate of drug-likeness (QED) is 0.894. The predicted octanol–water partition coefficient (Wildman–Crippen LogP) is 3.36. The molecule has 0 bridgehead atoms. The van der Waals surface area contributed by atoms with Crippen molar-refractivity contribution in [3.8, 4) is 0 Å². The minimum atomic E-state index is 0.139. The molecule has 0 fully saturated rings. The van der Waals surface area contributed by atoms with Gasteiger partial charge in [-0.1, -0.05) is 32.9 Å². The van der Waals surface area contributed by atoms with Gasteiger partial charge in [0.25, 0.3) is 0 Å². The van der Waals surface area contributed by atoms with Crippen molar-refractivity contribution in [3.05, 3.63) is 30.1 Å². The van der Waals surface area contributed by atoms with Crippen molar-refractivity contribution in [1.82, 2.24) is 9.55 Å². The van der Waals surface area contributed by atoms with Crippen LogP contribution in [0.15, 0.2) is 24.3 Å². The van der Waals surface area contributed by atoms with E-state index >= 15 is 0 Å². The third-order valence-corrected chi connectivity index (χ3v) is 4.37. The van der Waals surface area contributed by atoms with Crippen LogP contribution in [0.5, 0.6) is 0 Å². The molecule has 0 saturated carbocycles. The summed E-state index contributed by atoms with van der Waals surface area (Å²) >= 11 is 0. The molecule has 3 heteroatoms. The van der Waals surface area contributed by atoms with E-state index in [1.807, 2.05) is 6.07 Å². The van der Waals surface area contributed by atoms with Crippen molar-refractivity contribution in [2.24, 2.45) is 11.1 Å². The smallest absolute Gasteiger partial charge is 0.111 e. The topological polar surface area (TPSA) is 43.8 Å². The number of fused-ring (bicyclic) bond motifs is 1. The van der Waals surface area contributed by atoms with Crippen LogP contribution in [0.25, 0.3) is 11.0 Å². The fraction of sp³-hybridized carbons (Fsp3) is 0.562. The van der Waals surface area contributed by atoms with Gasteiger partial charge in [0.15, 0.2) is 0 Å². The Labute approximate surface area is 115 Å². The Hall–Kier alpha value is -1.35. The maximum absolute atomic E-state index is 6.39. The standard InChI is InChI=1S/C16H25N3/c1-5-16(3,4)14(17)11-15-18-12-9-7-8-10-13(12)19(15)6-2/h7-10,14H,5-6,11,17H2,1-4H3. The zero-order valence-electron chi connectivity index (χ0n) is 12.5. The van der Waals surface area contributed by atoms with Crippen LogP contribution in [-0.4, -0.2) is 15.6 Å². The third-order valence-electron chi connectivity index (χ3n) is 4.37. The van der Waals surface area contributed by atoms with Gasteiger partial charge in [-0.25, -0.2) is 4.98 Å². The highest BCUT2D eigenvalue weighted by Gasteiger charge is 2.26. The van der Waals surface area contributed by atoms with Crippen LogP contribution in [-0.2, 0) is 13.0 Å². The van der Waals surface area contributed by atoms with Gasteiger partial charge >= 0.3 is 0 Å². The Kier molecular flexibility index (Phi) is 3.95. The first-order valence-electron chi connectivity index (χ1n) is 7.19. The summed E-state index contributed by atoms with van der Waals surface area (Å²) in [6.45, 7) is 9.76. The number of aromatic nitrogens is 2. The number of hydrogen-bond donors (Lipinski definition) is 1. The molecule has 2 aromatic rings. The molecular weight excluding hydrogens is 234 g/mol. The van der Waals surface area contributed by atoms with Crippen LogP contribution in [0.2, 0.25) is 0 Å². The van der Waals surface area contributed by atoms with Crippen molar-refractivity contribution in [1.29, 1.82) is 0 Å². The second kappa shape index (κ2) is 5.33. The van der Waals surface area contributed by atoms with Crippen LogP contribution in [0.3, 0.4) is 0 Å². The molecule has 0 saturated heterocycles.